The molecule has 0 aliphatic carbocycles. The third-order valence-corrected chi connectivity index (χ3v) is 5.48. The molecule has 0 saturated carbocycles. The van der Waals surface area contributed by atoms with Crippen molar-refractivity contribution in [2.24, 2.45) is 0 Å². The molecule has 104 valence electrons. The number of ether oxygens (including phenoxy) is 1. The van der Waals surface area contributed by atoms with Crippen LogP contribution in [0.2, 0.25) is 25.7 Å². The SMILES string of the molecule is Cc1nn(COCC[Si](C)(C)C)c2cccc(Br)c12. The fraction of sp³-hybridized carbons (Fsp3) is 0.500. The first kappa shape index (κ1) is 14.7. The molecule has 0 saturated heterocycles. The second-order valence-corrected chi connectivity index (χ2v) is 12.5. The van der Waals surface area contributed by atoms with Crippen molar-refractivity contribution in [1.82, 2.24) is 9.78 Å². The number of rotatable bonds is 5. The minimum absolute atomic E-state index is 0.533. The second-order valence-electron chi connectivity index (χ2n) is 6.07. The Hall–Kier alpha value is -0.653. The molecule has 0 aliphatic heterocycles. The van der Waals surface area contributed by atoms with Crippen LogP contribution in [0.15, 0.2) is 22.7 Å². The first-order chi connectivity index (χ1) is 8.88. The first-order valence-corrected chi connectivity index (χ1v) is 11.1. The second kappa shape index (κ2) is 5.77. The molecular formula is C14H21BrN2OSi. The molecule has 0 aliphatic rings. The molecule has 2 rings (SSSR count). The number of aryl methyl sites for hydroxylation is 1. The molecule has 5 heteroatoms. The Bertz CT molecular complexity index is 575. The molecular weight excluding hydrogens is 320 g/mol. The van der Waals surface area contributed by atoms with Gasteiger partial charge in [0.15, 0.2) is 0 Å². The summed E-state index contributed by atoms with van der Waals surface area (Å²) in [5.74, 6) is 0. The zero-order valence-electron chi connectivity index (χ0n) is 12.0. The van der Waals surface area contributed by atoms with Gasteiger partial charge in [0.2, 0.25) is 0 Å². The van der Waals surface area contributed by atoms with Crippen LogP contribution in [0.4, 0.5) is 0 Å². The zero-order chi connectivity index (χ0) is 14.0. The van der Waals surface area contributed by atoms with Crippen LogP contribution in [0.25, 0.3) is 10.9 Å². The van der Waals surface area contributed by atoms with Gasteiger partial charge in [-0.3, -0.25) is 0 Å². The van der Waals surface area contributed by atoms with Gasteiger partial charge in [-0.15, -0.1) is 0 Å². The number of aromatic nitrogens is 2. The van der Waals surface area contributed by atoms with Gasteiger partial charge in [0.05, 0.1) is 11.2 Å². The Labute approximate surface area is 124 Å². The Kier molecular flexibility index (Phi) is 4.48. The number of fused-ring (bicyclic) bond motifs is 1. The quantitative estimate of drug-likeness (QED) is 0.595. The highest BCUT2D eigenvalue weighted by molar-refractivity contribution is 9.10. The fourth-order valence-electron chi connectivity index (χ4n) is 2.00. The summed E-state index contributed by atoms with van der Waals surface area (Å²) in [6, 6.07) is 7.36. The third kappa shape index (κ3) is 3.67. The molecule has 0 radical (unpaired) electrons. The van der Waals surface area contributed by atoms with Gasteiger partial charge in [-0.05, 0) is 25.1 Å². The van der Waals surface area contributed by atoms with Gasteiger partial charge in [0.1, 0.15) is 6.73 Å². The van der Waals surface area contributed by atoms with Crippen molar-refractivity contribution in [2.45, 2.75) is 39.3 Å². The highest BCUT2D eigenvalue weighted by Gasteiger charge is 2.13. The van der Waals surface area contributed by atoms with E-state index in [4.69, 9.17) is 4.74 Å². The maximum atomic E-state index is 5.78. The van der Waals surface area contributed by atoms with Crippen LogP contribution in [0, 0.1) is 6.92 Å². The molecule has 1 aromatic heterocycles. The van der Waals surface area contributed by atoms with E-state index in [1.807, 2.05) is 23.7 Å². The Morgan fingerprint density at radius 2 is 2.05 bits per heavy atom. The maximum Gasteiger partial charge on any atom is 0.140 e. The molecule has 0 amide bonds. The largest absolute Gasteiger partial charge is 0.360 e. The highest BCUT2D eigenvalue weighted by Crippen LogP contribution is 2.26. The third-order valence-electron chi connectivity index (χ3n) is 3.11. The molecule has 0 spiro atoms. The van der Waals surface area contributed by atoms with Crippen molar-refractivity contribution in [3.8, 4) is 0 Å². The number of hydrogen-bond acceptors (Lipinski definition) is 2. The molecule has 1 aromatic carbocycles. The monoisotopic (exact) mass is 340 g/mol. The summed E-state index contributed by atoms with van der Waals surface area (Å²) in [6.45, 7) is 10.5. The van der Waals surface area contributed by atoms with Crippen LogP contribution in [-0.2, 0) is 11.5 Å². The normalized spacial score (nSPS) is 12.3. The van der Waals surface area contributed by atoms with Gasteiger partial charge >= 0.3 is 0 Å². The molecule has 2 aromatic rings. The minimum Gasteiger partial charge on any atom is -0.360 e. The lowest BCUT2D eigenvalue weighted by molar-refractivity contribution is 0.0815. The van der Waals surface area contributed by atoms with Crippen molar-refractivity contribution < 1.29 is 4.74 Å². The van der Waals surface area contributed by atoms with E-state index < -0.39 is 8.07 Å². The predicted molar refractivity (Wildman–Crippen MR) is 86.3 cm³/mol. The van der Waals surface area contributed by atoms with Gasteiger partial charge in [0.25, 0.3) is 0 Å². The smallest absolute Gasteiger partial charge is 0.140 e. The lowest BCUT2D eigenvalue weighted by atomic mass is 10.2. The van der Waals surface area contributed by atoms with Crippen molar-refractivity contribution in [2.75, 3.05) is 6.61 Å². The molecule has 19 heavy (non-hydrogen) atoms. The lowest BCUT2D eigenvalue weighted by Gasteiger charge is -2.15. The van der Waals surface area contributed by atoms with E-state index >= 15 is 0 Å². The van der Waals surface area contributed by atoms with E-state index in [0.29, 0.717) is 6.73 Å². The summed E-state index contributed by atoms with van der Waals surface area (Å²) >= 11 is 3.58. The van der Waals surface area contributed by atoms with Crippen molar-refractivity contribution in [3.63, 3.8) is 0 Å². The summed E-state index contributed by atoms with van der Waals surface area (Å²) in [7, 11) is -1.01. The van der Waals surface area contributed by atoms with Crippen LogP contribution in [0.5, 0.6) is 0 Å². The summed E-state index contributed by atoms with van der Waals surface area (Å²) in [6.07, 6.45) is 0. The van der Waals surface area contributed by atoms with Gasteiger partial charge in [-0.2, -0.15) is 5.10 Å². The maximum absolute atomic E-state index is 5.78. The molecule has 0 unspecified atom stereocenters. The van der Waals surface area contributed by atoms with E-state index in [0.717, 1.165) is 22.3 Å². The molecule has 1 heterocycles. The van der Waals surface area contributed by atoms with Crippen LogP contribution in [0.1, 0.15) is 5.69 Å². The topological polar surface area (TPSA) is 27.1 Å². The number of hydrogen-bond donors (Lipinski definition) is 0. The standard InChI is InChI=1S/C14H21BrN2OSi/c1-11-14-12(15)6-5-7-13(14)17(16-11)10-18-8-9-19(2,3)4/h5-7H,8-10H2,1-4H3. The van der Waals surface area contributed by atoms with E-state index in [9.17, 15) is 0 Å². The summed E-state index contributed by atoms with van der Waals surface area (Å²) in [5, 5.41) is 5.73. The van der Waals surface area contributed by atoms with Gasteiger partial charge in [0, 0.05) is 24.5 Å². The molecule has 3 nitrogen and oxygen atoms in total. The van der Waals surface area contributed by atoms with Crippen molar-refractivity contribution in [3.05, 3.63) is 28.4 Å². The van der Waals surface area contributed by atoms with Crippen molar-refractivity contribution in [1.29, 1.82) is 0 Å². The van der Waals surface area contributed by atoms with Gasteiger partial charge in [-0.25, -0.2) is 4.68 Å². The number of benzene rings is 1. The van der Waals surface area contributed by atoms with Crippen molar-refractivity contribution >= 4 is 34.9 Å². The predicted octanol–water partition coefficient (Wildman–Crippen LogP) is 4.42. The van der Waals surface area contributed by atoms with Gasteiger partial charge < -0.3 is 4.74 Å². The summed E-state index contributed by atoms with van der Waals surface area (Å²) < 4.78 is 8.81. The average molecular weight is 341 g/mol. The van der Waals surface area contributed by atoms with Crippen LogP contribution < -0.4 is 0 Å². The zero-order valence-corrected chi connectivity index (χ0v) is 14.6. The summed E-state index contributed by atoms with van der Waals surface area (Å²) in [5.41, 5.74) is 2.16. The van der Waals surface area contributed by atoms with E-state index in [1.54, 1.807) is 0 Å². The molecule has 0 atom stereocenters. The lowest BCUT2D eigenvalue weighted by Crippen LogP contribution is -2.22. The Morgan fingerprint density at radius 1 is 1.32 bits per heavy atom. The molecule has 0 bridgehead atoms. The van der Waals surface area contributed by atoms with E-state index in [-0.39, 0.29) is 0 Å². The van der Waals surface area contributed by atoms with Crippen LogP contribution in [0.3, 0.4) is 0 Å². The number of halogens is 1. The first-order valence-electron chi connectivity index (χ1n) is 6.58. The van der Waals surface area contributed by atoms with Crippen LogP contribution in [-0.4, -0.2) is 24.5 Å². The minimum atomic E-state index is -1.01. The molecule has 0 fully saturated rings. The Balaban J connectivity index is 2.08. The number of nitrogens with zero attached hydrogens (tertiary/aromatic N) is 2. The fourth-order valence-corrected chi connectivity index (χ4v) is 3.40. The van der Waals surface area contributed by atoms with Gasteiger partial charge in [-0.1, -0.05) is 41.6 Å². The highest BCUT2D eigenvalue weighted by atomic mass is 79.9. The average Bonchev–Trinajstić information content (AvgIpc) is 2.62. The van der Waals surface area contributed by atoms with E-state index in [1.165, 1.54) is 11.4 Å². The molecule has 0 N–H and O–H groups in total. The summed E-state index contributed by atoms with van der Waals surface area (Å²) in [4.78, 5) is 0. The van der Waals surface area contributed by atoms with Crippen LogP contribution >= 0.6 is 15.9 Å². The van der Waals surface area contributed by atoms with E-state index in [2.05, 4.69) is 46.7 Å². The Morgan fingerprint density at radius 3 is 2.74 bits per heavy atom.